The van der Waals surface area contributed by atoms with Gasteiger partial charge in [-0.3, -0.25) is 10.4 Å². The number of rotatable bonds is 2. The molecule has 0 bridgehead atoms. The first kappa shape index (κ1) is 12.3. The van der Waals surface area contributed by atoms with E-state index in [0.29, 0.717) is 11.4 Å². The molecule has 0 radical (unpaired) electrons. The van der Waals surface area contributed by atoms with Crippen LogP contribution in [0.1, 0.15) is 19.8 Å². The zero-order chi connectivity index (χ0) is 11.3. The Balaban J connectivity index is 2.37. The Morgan fingerprint density at radius 3 is 2.53 bits per heavy atom. The van der Waals surface area contributed by atoms with E-state index in [4.69, 9.17) is 5.84 Å². The minimum atomic E-state index is 0.360. The second-order valence-electron chi connectivity index (χ2n) is 4.68. The first-order valence-corrected chi connectivity index (χ1v) is 5.45. The summed E-state index contributed by atoms with van der Waals surface area (Å²) in [7, 11) is 3.90. The Labute approximate surface area is 92.1 Å². The van der Waals surface area contributed by atoms with Crippen LogP contribution < -0.4 is 16.6 Å². The molecule has 0 atom stereocenters. The SMILES string of the molecule is CN=C(NN)NCC1(C)CCN(C)CC1. The van der Waals surface area contributed by atoms with Crippen molar-refractivity contribution in [2.45, 2.75) is 19.8 Å². The number of nitrogens with two attached hydrogens (primary N) is 1. The number of nitrogens with one attached hydrogen (secondary N) is 2. The highest BCUT2D eigenvalue weighted by molar-refractivity contribution is 5.78. The summed E-state index contributed by atoms with van der Waals surface area (Å²) in [6.45, 7) is 5.59. The van der Waals surface area contributed by atoms with Gasteiger partial charge in [0.1, 0.15) is 0 Å². The maximum atomic E-state index is 5.31. The van der Waals surface area contributed by atoms with Gasteiger partial charge in [-0.05, 0) is 38.4 Å². The lowest BCUT2D eigenvalue weighted by Gasteiger charge is -2.38. The number of guanidine groups is 1. The van der Waals surface area contributed by atoms with E-state index < -0.39 is 0 Å². The van der Waals surface area contributed by atoms with E-state index in [1.165, 1.54) is 25.9 Å². The molecular weight excluding hydrogens is 190 g/mol. The second-order valence-corrected chi connectivity index (χ2v) is 4.68. The second kappa shape index (κ2) is 5.32. The van der Waals surface area contributed by atoms with Crippen LogP contribution in [-0.2, 0) is 0 Å². The highest BCUT2D eigenvalue weighted by Crippen LogP contribution is 2.29. The molecule has 1 aliphatic heterocycles. The van der Waals surface area contributed by atoms with Crippen LogP contribution in [0.15, 0.2) is 4.99 Å². The van der Waals surface area contributed by atoms with Crippen molar-refractivity contribution in [2.75, 3.05) is 33.7 Å². The van der Waals surface area contributed by atoms with Crippen molar-refractivity contribution < 1.29 is 0 Å². The largest absolute Gasteiger partial charge is 0.355 e. The van der Waals surface area contributed by atoms with E-state index in [1.54, 1.807) is 7.05 Å². The number of hydrogen-bond donors (Lipinski definition) is 3. The summed E-state index contributed by atoms with van der Waals surface area (Å²) < 4.78 is 0. The third-order valence-corrected chi connectivity index (χ3v) is 3.24. The molecule has 1 aliphatic rings. The van der Waals surface area contributed by atoms with Gasteiger partial charge in [0.15, 0.2) is 0 Å². The fourth-order valence-electron chi connectivity index (χ4n) is 1.83. The predicted octanol–water partition coefficient (Wildman–Crippen LogP) is -0.243. The van der Waals surface area contributed by atoms with Crippen molar-refractivity contribution in [1.82, 2.24) is 15.6 Å². The van der Waals surface area contributed by atoms with Gasteiger partial charge in [-0.1, -0.05) is 6.92 Å². The summed E-state index contributed by atoms with van der Waals surface area (Å²) in [4.78, 5) is 6.37. The van der Waals surface area contributed by atoms with E-state index in [-0.39, 0.29) is 0 Å². The molecule has 0 aromatic heterocycles. The van der Waals surface area contributed by atoms with Crippen molar-refractivity contribution in [3.8, 4) is 0 Å². The minimum Gasteiger partial charge on any atom is -0.355 e. The van der Waals surface area contributed by atoms with Crippen LogP contribution in [0.4, 0.5) is 0 Å². The van der Waals surface area contributed by atoms with Crippen LogP contribution in [0, 0.1) is 5.41 Å². The molecule has 1 saturated heterocycles. The highest BCUT2D eigenvalue weighted by atomic mass is 15.3. The van der Waals surface area contributed by atoms with Crippen molar-refractivity contribution >= 4 is 5.96 Å². The topological polar surface area (TPSA) is 65.7 Å². The molecule has 4 N–H and O–H groups in total. The van der Waals surface area contributed by atoms with Crippen LogP contribution in [0.2, 0.25) is 0 Å². The monoisotopic (exact) mass is 213 g/mol. The number of likely N-dealkylation sites (tertiary alicyclic amines) is 1. The molecule has 0 aromatic rings. The van der Waals surface area contributed by atoms with E-state index in [2.05, 4.69) is 34.6 Å². The molecule has 5 heteroatoms. The van der Waals surface area contributed by atoms with Crippen LogP contribution in [-0.4, -0.2) is 44.6 Å². The van der Waals surface area contributed by atoms with Crippen molar-refractivity contribution in [3.63, 3.8) is 0 Å². The van der Waals surface area contributed by atoms with Crippen LogP contribution in [0.3, 0.4) is 0 Å². The molecule has 88 valence electrons. The van der Waals surface area contributed by atoms with E-state index in [1.807, 2.05) is 0 Å². The van der Waals surface area contributed by atoms with E-state index in [0.717, 1.165) is 6.54 Å². The first-order chi connectivity index (χ1) is 7.09. The number of hydrogen-bond acceptors (Lipinski definition) is 3. The zero-order valence-electron chi connectivity index (χ0n) is 10.0. The predicted molar refractivity (Wildman–Crippen MR) is 63.5 cm³/mol. The quantitative estimate of drug-likeness (QED) is 0.256. The Hall–Kier alpha value is -0.810. The van der Waals surface area contributed by atoms with Gasteiger partial charge in [0.25, 0.3) is 0 Å². The summed E-state index contributed by atoms with van der Waals surface area (Å²) in [6.07, 6.45) is 2.44. The van der Waals surface area contributed by atoms with Gasteiger partial charge in [0, 0.05) is 13.6 Å². The standard InChI is InChI=1S/C10H23N5/c1-10(4-6-15(3)7-5-10)8-13-9(12-2)14-11/h4-8,11H2,1-3H3,(H2,12,13,14). The molecule has 15 heavy (non-hydrogen) atoms. The maximum absolute atomic E-state index is 5.31. The smallest absolute Gasteiger partial charge is 0.205 e. The molecule has 1 rings (SSSR count). The van der Waals surface area contributed by atoms with Crippen LogP contribution in [0.25, 0.3) is 0 Å². The van der Waals surface area contributed by atoms with Crippen molar-refractivity contribution in [2.24, 2.45) is 16.3 Å². The minimum absolute atomic E-state index is 0.360. The van der Waals surface area contributed by atoms with Gasteiger partial charge < -0.3 is 10.2 Å². The lowest BCUT2D eigenvalue weighted by atomic mass is 9.80. The molecular formula is C10H23N5. The Kier molecular flexibility index (Phi) is 4.35. The Morgan fingerprint density at radius 1 is 1.47 bits per heavy atom. The molecule has 5 nitrogen and oxygen atoms in total. The number of aliphatic imine (C=N–C) groups is 1. The molecule has 0 aliphatic carbocycles. The van der Waals surface area contributed by atoms with Gasteiger partial charge in [-0.25, -0.2) is 5.84 Å². The van der Waals surface area contributed by atoms with Crippen molar-refractivity contribution in [3.05, 3.63) is 0 Å². The molecule has 0 aromatic carbocycles. The molecule has 1 heterocycles. The van der Waals surface area contributed by atoms with E-state index in [9.17, 15) is 0 Å². The summed E-state index contributed by atoms with van der Waals surface area (Å²) >= 11 is 0. The maximum Gasteiger partial charge on any atom is 0.205 e. The van der Waals surface area contributed by atoms with Gasteiger partial charge in [0.2, 0.25) is 5.96 Å². The summed E-state index contributed by atoms with van der Waals surface area (Å²) in [5.74, 6) is 5.97. The van der Waals surface area contributed by atoms with Gasteiger partial charge in [-0.15, -0.1) is 0 Å². The Morgan fingerprint density at radius 2 is 2.07 bits per heavy atom. The van der Waals surface area contributed by atoms with Crippen molar-refractivity contribution in [1.29, 1.82) is 0 Å². The fraction of sp³-hybridized carbons (Fsp3) is 0.900. The van der Waals surface area contributed by atoms with Crippen LogP contribution in [0.5, 0.6) is 0 Å². The van der Waals surface area contributed by atoms with Gasteiger partial charge >= 0.3 is 0 Å². The number of piperidine rings is 1. The molecule has 1 fully saturated rings. The average molecular weight is 213 g/mol. The lowest BCUT2D eigenvalue weighted by molar-refractivity contribution is 0.142. The fourth-order valence-corrected chi connectivity index (χ4v) is 1.83. The van der Waals surface area contributed by atoms with E-state index >= 15 is 0 Å². The van der Waals surface area contributed by atoms with Gasteiger partial charge in [-0.2, -0.15) is 0 Å². The third-order valence-electron chi connectivity index (χ3n) is 3.24. The first-order valence-electron chi connectivity index (χ1n) is 5.45. The highest BCUT2D eigenvalue weighted by Gasteiger charge is 2.28. The number of hydrazine groups is 1. The molecule has 0 unspecified atom stereocenters. The lowest BCUT2D eigenvalue weighted by Crippen LogP contribution is -2.48. The van der Waals surface area contributed by atoms with Crippen LogP contribution >= 0.6 is 0 Å². The summed E-state index contributed by atoms with van der Waals surface area (Å²) in [5, 5.41) is 3.24. The summed E-state index contributed by atoms with van der Waals surface area (Å²) in [6, 6.07) is 0. The zero-order valence-corrected chi connectivity index (χ0v) is 10.0. The molecule has 0 saturated carbocycles. The average Bonchev–Trinajstić information content (AvgIpc) is 2.25. The number of nitrogens with zero attached hydrogens (tertiary/aromatic N) is 2. The summed E-state index contributed by atoms with van der Waals surface area (Å²) in [5.41, 5.74) is 2.91. The third kappa shape index (κ3) is 3.68. The van der Waals surface area contributed by atoms with Gasteiger partial charge in [0.05, 0.1) is 0 Å². The molecule has 0 spiro atoms. The Bertz CT molecular complexity index is 218. The molecule has 0 amide bonds. The normalized spacial score (nSPS) is 22.5.